The summed E-state index contributed by atoms with van der Waals surface area (Å²) in [6, 6.07) is 7.11. The molecule has 0 aliphatic carbocycles. The number of nitrogens with one attached hydrogen (secondary N) is 1. The Morgan fingerprint density at radius 3 is 2.71 bits per heavy atom. The molecule has 1 unspecified atom stereocenters. The Morgan fingerprint density at radius 2 is 2.07 bits per heavy atom. The van der Waals surface area contributed by atoms with Crippen LogP contribution in [0, 0.1) is 0 Å². The Kier molecular flexibility index (Phi) is 6.53. The standard InChI is InChI=1S/C18H22N6O2S2/c1-4-14(24-16(19)22-23-18(24)27-5-2)15(25)21-17-20-13(10-28-17)11-6-8-12(26-3)9-7-11/h6-10,14H,4-5H2,1-3H3,(H2,19,22)(H,20,21,25). The number of thioether (sulfide) groups is 1. The van der Waals surface area contributed by atoms with Gasteiger partial charge in [0.2, 0.25) is 11.9 Å². The van der Waals surface area contributed by atoms with Gasteiger partial charge in [-0.25, -0.2) is 4.98 Å². The molecule has 2 heterocycles. The molecule has 28 heavy (non-hydrogen) atoms. The van der Waals surface area contributed by atoms with E-state index in [0.29, 0.717) is 16.7 Å². The van der Waals surface area contributed by atoms with E-state index in [1.807, 2.05) is 43.5 Å². The average molecular weight is 419 g/mol. The lowest BCUT2D eigenvalue weighted by Gasteiger charge is -2.18. The zero-order valence-electron chi connectivity index (χ0n) is 15.9. The van der Waals surface area contributed by atoms with E-state index in [-0.39, 0.29) is 11.9 Å². The third-order valence-corrected chi connectivity index (χ3v) is 5.67. The minimum absolute atomic E-state index is 0.192. The monoisotopic (exact) mass is 418 g/mol. The van der Waals surface area contributed by atoms with Gasteiger partial charge in [0.1, 0.15) is 11.8 Å². The SMILES string of the molecule is CCSc1nnc(N)n1C(CC)C(=O)Nc1nc(-c2ccc(OC)cc2)cs1. The highest BCUT2D eigenvalue weighted by Crippen LogP contribution is 2.29. The predicted octanol–water partition coefficient (Wildman–Crippen LogP) is 3.69. The van der Waals surface area contributed by atoms with E-state index in [4.69, 9.17) is 10.5 Å². The Balaban J connectivity index is 1.76. The molecular formula is C18H22N6O2S2. The van der Waals surface area contributed by atoms with Gasteiger partial charge in [-0.05, 0) is 36.4 Å². The lowest BCUT2D eigenvalue weighted by molar-refractivity contribution is -0.119. The van der Waals surface area contributed by atoms with Crippen LogP contribution in [0.1, 0.15) is 26.3 Å². The first-order valence-corrected chi connectivity index (χ1v) is 10.7. The van der Waals surface area contributed by atoms with Crippen LogP contribution >= 0.6 is 23.1 Å². The van der Waals surface area contributed by atoms with Crippen LogP contribution in [0.3, 0.4) is 0 Å². The lowest BCUT2D eigenvalue weighted by atomic mass is 10.2. The molecule has 10 heteroatoms. The molecule has 0 saturated heterocycles. The number of thiazole rings is 1. The maximum atomic E-state index is 12.9. The van der Waals surface area contributed by atoms with E-state index < -0.39 is 6.04 Å². The molecule has 3 N–H and O–H groups in total. The quantitative estimate of drug-likeness (QED) is 0.537. The predicted molar refractivity (Wildman–Crippen MR) is 113 cm³/mol. The van der Waals surface area contributed by atoms with Gasteiger partial charge in [-0.15, -0.1) is 21.5 Å². The minimum Gasteiger partial charge on any atom is -0.497 e. The van der Waals surface area contributed by atoms with Crippen LogP contribution in [-0.2, 0) is 4.79 Å². The van der Waals surface area contributed by atoms with Gasteiger partial charge in [0, 0.05) is 10.9 Å². The Hall–Kier alpha value is -2.59. The van der Waals surface area contributed by atoms with E-state index in [1.54, 1.807) is 11.7 Å². The Bertz CT molecular complexity index is 938. The van der Waals surface area contributed by atoms with Crippen LogP contribution in [0.15, 0.2) is 34.8 Å². The van der Waals surface area contributed by atoms with Crippen molar-refractivity contribution in [1.82, 2.24) is 19.7 Å². The van der Waals surface area contributed by atoms with Crippen molar-refractivity contribution in [1.29, 1.82) is 0 Å². The van der Waals surface area contributed by atoms with Crippen LogP contribution in [0.2, 0.25) is 0 Å². The molecule has 2 aromatic heterocycles. The second-order valence-corrected chi connectivity index (χ2v) is 7.91. The molecule has 1 aromatic carbocycles. The molecule has 148 valence electrons. The van der Waals surface area contributed by atoms with E-state index in [0.717, 1.165) is 22.8 Å². The van der Waals surface area contributed by atoms with Gasteiger partial charge < -0.3 is 15.8 Å². The number of amides is 1. The molecule has 0 aliphatic rings. The summed E-state index contributed by atoms with van der Waals surface area (Å²) in [7, 11) is 1.63. The Morgan fingerprint density at radius 1 is 1.32 bits per heavy atom. The second kappa shape index (κ2) is 9.07. The number of rotatable bonds is 8. The van der Waals surface area contributed by atoms with Gasteiger partial charge >= 0.3 is 0 Å². The van der Waals surface area contributed by atoms with E-state index >= 15 is 0 Å². The van der Waals surface area contributed by atoms with Crippen LogP contribution < -0.4 is 15.8 Å². The van der Waals surface area contributed by atoms with Gasteiger partial charge in [0.05, 0.1) is 12.8 Å². The molecular weight excluding hydrogens is 396 g/mol. The number of aromatic nitrogens is 4. The first-order valence-electron chi connectivity index (χ1n) is 8.81. The number of nitrogens with two attached hydrogens (primary N) is 1. The van der Waals surface area contributed by atoms with Crippen molar-refractivity contribution in [2.45, 2.75) is 31.5 Å². The molecule has 3 aromatic rings. The number of benzene rings is 1. The van der Waals surface area contributed by atoms with Gasteiger partial charge in [-0.3, -0.25) is 9.36 Å². The highest BCUT2D eigenvalue weighted by atomic mass is 32.2. The summed E-state index contributed by atoms with van der Waals surface area (Å²) >= 11 is 2.88. The van der Waals surface area contributed by atoms with Gasteiger partial charge in [0.25, 0.3) is 0 Å². The van der Waals surface area contributed by atoms with Crippen molar-refractivity contribution < 1.29 is 9.53 Å². The first-order chi connectivity index (χ1) is 13.6. The topological polar surface area (TPSA) is 108 Å². The van der Waals surface area contributed by atoms with Crippen LogP contribution in [0.5, 0.6) is 5.75 Å². The number of hydrogen-bond acceptors (Lipinski definition) is 8. The van der Waals surface area contributed by atoms with Crippen molar-refractivity contribution in [3.63, 3.8) is 0 Å². The zero-order valence-corrected chi connectivity index (χ0v) is 17.5. The van der Waals surface area contributed by atoms with Crippen molar-refractivity contribution in [2.24, 2.45) is 0 Å². The second-order valence-electron chi connectivity index (χ2n) is 5.82. The molecule has 0 saturated carbocycles. The highest BCUT2D eigenvalue weighted by Gasteiger charge is 2.25. The number of methoxy groups -OCH3 is 1. The van der Waals surface area contributed by atoms with Gasteiger partial charge in [0.15, 0.2) is 10.3 Å². The zero-order chi connectivity index (χ0) is 20.1. The number of ether oxygens (including phenoxy) is 1. The summed E-state index contributed by atoms with van der Waals surface area (Å²) in [5, 5.41) is 14.0. The third-order valence-electron chi connectivity index (χ3n) is 4.09. The van der Waals surface area contributed by atoms with E-state index in [2.05, 4.69) is 20.5 Å². The summed E-state index contributed by atoms with van der Waals surface area (Å²) in [6.07, 6.45) is 0.558. The molecule has 0 radical (unpaired) electrons. The normalized spacial score (nSPS) is 12.0. The van der Waals surface area contributed by atoms with E-state index in [9.17, 15) is 4.79 Å². The molecule has 8 nitrogen and oxygen atoms in total. The molecule has 0 bridgehead atoms. The van der Waals surface area contributed by atoms with Gasteiger partial charge in [-0.1, -0.05) is 25.6 Å². The number of nitrogen functional groups attached to an aromatic ring is 1. The third kappa shape index (κ3) is 4.28. The fourth-order valence-electron chi connectivity index (χ4n) is 2.71. The maximum Gasteiger partial charge on any atom is 0.249 e. The van der Waals surface area contributed by atoms with Crippen molar-refractivity contribution in [3.8, 4) is 17.0 Å². The molecule has 3 rings (SSSR count). The summed E-state index contributed by atoms with van der Waals surface area (Å²) in [5.74, 6) is 1.64. The van der Waals surface area contributed by atoms with Crippen LogP contribution in [-0.4, -0.2) is 38.5 Å². The van der Waals surface area contributed by atoms with Crippen LogP contribution in [0.4, 0.5) is 11.1 Å². The number of carbonyl (C=O) groups is 1. The Labute approximate surface area is 171 Å². The molecule has 1 amide bonds. The minimum atomic E-state index is -0.502. The summed E-state index contributed by atoms with van der Waals surface area (Å²) in [4.78, 5) is 17.4. The smallest absolute Gasteiger partial charge is 0.249 e. The van der Waals surface area contributed by atoms with Crippen molar-refractivity contribution in [2.75, 3.05) is 23.9 Å². The van der Waals surface area contributed by atoms with Crippen molar-refractivity contribution in [3.05, 3.63) is 29.6 Å². The largest absolute Gasteiger partial charge is 0.497 e. The number of nitrogens with zero attached hydrogens (tertiary/aromatic N) is 4. The first kappa shape index (κ1) is 20.2. The number of carbonyl (C=O) groups excluding carboxylic acids is 1. The summed E-state index contributed by atoms with van der Waals surface area (Å²) in [6.45, 7) is 3.94. The van der Waals surface area contributed by atoms with Crippen LogP contribution in [0.25, 0.3) is 11.3 Å². The van der Waals surface area contributed by atoms with Gasteiger partial charge in [-0.2, -0.15) is 0 Å². The van der Waals surface area contributed by atoms with Crippen molar-refractivity contribution >= 4 is 40.1 Å². The molecule has 0 fully saturated rings. The lowest BCUT2D eigenvalue weighted by Crippen LogP contribution is -2.27. The highest BCUT2D eigenvalue weighted by molar-refractivity contribution is 7.99. The fourth-order valence-corrected chi connectivity index (χ4v) is 4.15. The molecule has 0 aliphatic heterocycles. The summed E-state index contributed by atoms with van der Waals surface area (Å²) < 4.78 is 6.86. The summed E-state index contributed by atoms with van der Waals surface area (Å²) in [5.41, 5.74) is 7.70. The number of anilines is 2. The number of hydrogen-bond donors (Lipinski definition) is 2. The van der Waals surface area contributed by atoms with E-state index in [1.165, 1.54) is 23.1 Å². The maximum absolute atomic E-state index is 12.9. The molecule has 1 atom stereocenters. The average Bonchev–Trinajstić information content (AvgIpc) is 3.31. The molecule has 0 spiro atoms. The fraction of sp³-hybridized carbons (Fsp3) is 0.333.